The van der Waals surface area contributed by atoms with E-state index in [-0.39, 0.29) is 11.6 Å². The van der Waals surface area contributed by atoms with Crippen molar-refractivity contribution in [2.75, 3.05) is 24.9 Å². The van der Waals surface area contributed by atoms with E-state index in [1.807, 2.05) is 12.1 Å². The smallest absolute Gasteiger partial charge is 0.276 e. The number of hydrogen-bond donors (Lipinski definition) is 2. The van der Waals surface area contributed by atoms with Crippen LogP contribution in [0.15, 0.2) is 54.9 Å². The SMILES string of the molecule is COc1ccc(NC(=O)c2ccc(NCc3ccncc3)nn2)cc1OC. The predicted octanol–water partition coefficient (Wildman–Crippen LogP) is 2.75. The second-order valence-electron chi connectivity index (χ2n) is 5.54. The van der Waals surface area contributed by atoms with Crippen molar-refractivity contribution in [1.82, 2.24) is 15.2 Å². The van der Waals surface area contributed by atoms with Gasteiger partial charge in [0.1, 0.15) is 5.82 Å². The molecule has 1 amide bonds. The Kier molecular flexibility index (Phi) is 5.78. The van der Waals surface area contributed by atoms with Crippen LogP contribution < -0.4 is 20.1 Å². The van der Waals surface area contributed by atoms with Crippen LogP contribution in [0.4, 0.5) is 11.5 Å². The van der Waals surface area contributed by atoms with Crippen LogP contribution >= 0.6 is 0 Å². The number of methoxy groups -OCH3 is 2. The normalized spacial score (nSPS) is 10.1. The van der Waals surface area contributed by atoms with E-state index in [4.69, 9.17) is 9.47 Å². The number of nitrogens with one attached hydrogen (secondary N) is 2. The Morgan fingerprint density at radius 2 is 1.74 bits per heavy atom. The van der Waals surface area contributed by atoms with E-state index in [0.717, 1.165) is 5.56 Å². The summed E-state index contributed by atoms with van der Waals surface area (Å²) in [6, 6.07) is 12.2. The lowest BCUT2D eigenvalue weighted by molar-refractivity contribution is 0.102. The van der Waals surface area contributed by atoms with Gasteiger partial charge in [0.25, 0.3) is 5.91 Å². The molecule has 3 aromatic rings. The summed E-state index contributed by atoms with van der Waals surface area (Å²) >= 11 is 0. The van der Waals surface area contributed by atoms with Crippen molar-refractivity contribution >= 4 is 17.4 Å². The third-order valence-corrected chi connectivity index (χ3v) is 3.76. The summed E-state index contributed by atoms with van der Waals surface area (Å²) < 4.78 is 10.4. The molecule has 8 heteroatoms. The number of aromatic nitrogens is 3. The van der Waals surface area contributed by atoms with E-state index >= 15 is 0 Å². The number of pyridine rings is 1. The van der Waals surface area contributed by atoms with Crippen LogP contribution in [0.1, 0.15) is 16.1 Å². The number of anilines is 2. The van der Waals surface area contributed by atoms with Gasteiger partial charge in [0.2, 0.25) is 0 Å². The van der Waals surface area contributed by atoms with Gasteiger partial charge in [-0.2, -0.15) is 0 Å². The van der Waals surface area contributed by atoms with E-state index in [0.29, 0.717) is 29.5 Å². The topological polar surface area (TPSA) is 98.3 Å². The molecule has 0 saturated carbocycles. The van der Waals surface area contributed by atoms with Crippen LogP contribution in [0.3, 0.4) is 0 Å². The lowest BCUT2D eigenvalue weighted by Gasteiger charge is -2.10. The maximum absolute atomic E-state index is 12.3. The Morgan fingerprint density at radius 1 is 0.963 bits per heavy atom. The lowest BCUT2D eigenvalue weighted by atomic mass is 10.2. The molecule has 1 aromatic carbocycles. The average Bonchev–Trinajstić information content (AvgIpc) is 2.73. The lowest BCUT2D eigenvalue weighted by Crippen LogP contribution is -2.15. The first-order valence-corrected chi connectivity index (χ1v) is 8.19. The summed E-state index contributed by atoms with van der Waals surface area (Å²) in [5.74, 6) is 1.32. The highest BCUT2D eigenvalue weighted by molar-refractivity contribution is 6.02. The molecule has 0 aliphatic rings. The van der Waals surface area contributed by atoms with Gasteiger partial charge in [-0.3, -0.25) is 9.78 Å². The number of rotatable bonds is 7. The van der Waals surface area contributed by atoms with Crippen molar-refractivity contribution in [3.8, 4) is 11.5 Å². The number of amides is 1. The van der Waals surface area contributed by atoms with E-state index in [1.165, 1.54) is 7.11 Å². The minimum absolute atomic E-state index is 0.208. The van der Waals surface area contributed by atoms with Crippen LogP contribution in [0.25, 0.3) is 0 Å². The number of carbonyl (C=O) groups is 1. The van der Waals surface area contributed by atoms with Gasteiger partial charge < -0.3 is 20.1 Å². The first kappa shape index (κ1) is 18.1. The van der Waals surface area contributed by atoms with E-state index in [1.54, 1.807) is 49.8 Å². The van der Waals surface area contributed by atoms with Gasteiger partial charge in [-0.05, 0) is 42.0 Å². The van der Waals surface area contributed by atoms with Gasteiger partial charge >= 0.3 is 0 Å². The summed E-state index contributed by atoms with van der Waals surface area (Å²) in [5, 5.41) is 13.9. The number of ether oxygens (including phenoxy) is 2. The predicted molar refractivity (Wildman–Crippen MR) is 101 cm³/mol. The summed E-state index contributed by atoms with van der Waals surface area (Å²) in [6.07, 6.45) is 3.45. The van der Waals surface area contributed by atoms with Crippen LogP contribution in [-0.4, -0.2) is 35.3 Å². The zero-order valence-corrected chi connectivity index (χ0v) is 15.0. The second-order valence-corrected chi connectivity index (χ2v) is 5.54. The molecule has 2 N–H and O–H groups in total. The highest BCUT2D eigenvalue weighted by Gasteiger charge is 2.11. The monoisotopic (exact) mass is 365 g/mol. The molecule has 2 aromatic heterocycles. The number of hydrogen-bond acceptors (Lipinski definition) is 7. The van der Waals surface area contributed by atoms with Crippen molar-refractivity contribution in [3.63, 3.8) is 0 Å². The highest BCUT2D eigenvalue weighted by Crippen LogP contribution is 2.29. The van der Waals surface area contributed by atoms with Crippen molar-refractivity contribution in [2.45, 2.75) is 6.54 Å². The molecule has 3 rings (SSSR count). The van der Waals surface area contributed by atoms with Crippen molar-refractivity contribution in [3.05, 3.63) is 66.1 Å². The minimum Gasteiger partial charge on any atom is -0.493 e. The largest absolute Gasteiger partial charge is 0.493 e. The minimum atomic E-state index is -0.365. The Labute approximate surface area is 156 Å². The maximum Gasteiger partial charge on any atom is 0.276 e. The fourth-order valence-corrected chi connectivity index (χ4v) is 2.35. The zero-order valence-electron chi connectivity index (χ0n) is 15.0. The van der Waals surface area contributed by atoms with Gasteiger partial charge in [0.05, 0.1) is 14.2 Å². The van der Waals surface area contributed by atoms with Crippen LogP contribution in [-0.2, 0) is 6.54 Å². The standard InChI is InChI=1S/C19H19N5O3/c1-26-16-5-3-14(11-17(16)27-2)22-19(25)15-4-6-18(24-23-15)21-12-13-7-9-20-10-8-13/h3-11H,12H2,1-2H3,(H,21,24)(H,22,25). The quantitative estimate of drug-likeness (QED) is 0.664. The molecule has 138 valence electrons. The summed E-state index contributed by atoms with van der Waals surface area (Å²) in [7, 11) is 3.09. The Balaban J connectivity index is 1.62. The third kappa shape index (κ3) is 4.69. The molecule has 0 aliphatic heterocycles. The highest BCUT2D eigenvalue weighted by atomic mass is 16.5. The van der Waals surface area contributed by atoms with E-state index < -0.39 is 0 Å². The average molecular weight is 365 g/mol. The van der Waals surface area contributed by atoms with Gasteiger partial charge in [0.15, 0.2) is 17.2 Å². The van der Waals surface area contributed by atoms with Gasteiger partial charge in [-0.25, -0.2) is 0 Å². The summed E-state index contributed by atoms with van der Waals surface area (Å²) in [4.78, 5) is 16.3. The molecule has 0 unspecified atom stereocenters. The molecule has 0 saturated heterocycles. The number of carbonyl (C=O) groups excluding carboxylic acids is 1. The fraction of sp³-hybridized carbons (Fsp3) is 0.158. The molecule has 0 aliphatic carbocycles. The molecule has 2 heterocycles. The van der Waals surface area contributed by atoms with Crippen molar-refractivity contribution in [2.24, 2.45) is 0 Å². The molecule has 27 heavy (non-hydrogen) atoms. The Hall–Kier alpha value is -3.68. The van der Waals surface area contributed by atoms with Crippen LogP contribution in [0, 0.1) is 0 Å². The Bertz CT molecular complexity index is 901. The molecular weight excluding hydrogens is 346 g/mol. The van der Waals surface area contributed by atoms with Crippen molar-refractivity contribution < 1.29 is 14.3 Å². The molecule has 0 spiro atoms. The molecule has 0 atom stereocenters. The molecular formula is C19H19N5O3. The van der Waals surface area contributed by atoms with Gasteiger partial charge in [0, 0.05) is 30.7 Å². The molecule has 8 nitrogen and oxygen atoms in total. The van der Waals surface area contributed by atoms with E-state index in [9.17, 15) is 4.79 Å². The third-order valence-electron chi connectivity index (χ3n) is 3.76. The number of benzene rings is 1. The maximum atomic E-state index is 12.3. The van der Waals surface area contributed by atoms with Gasteiger partial charge in [-0.1, -0.05) is 0 Å². The Morgan fingerprint density at radius 3 is 2.41 bits per heavy atom. The first-order valence-electron chi connectivity index (χ1n) is 8.19. The molecule has 0 radical (unpaired) electrons. The second kappa shape index (κ2) is 8.61. The summed E-state index contributed by atoms with van der Waals surface area (Å²) in [6.45, 7) is 0.592. The van der Waals surface area contributed by atoms with Gasteiger partial charge in [-0.15, -0.1) is 10.2 Å². The van der Waals surface area contributed by atoms with E-state index in [2.05, 4.69) is 25.8 Å². The van der Waals surface area contributed by atoms with Crippen LogP contribution in [0.2, 0.25) is 0 Å². The van der Waals surface area contributed by atoms with Crippen molar-refractivity contribution in [1.29, 1.82) is 0 Å². The first-order chi connectivity index (χ1) is 13.2. The fourth-order valence-electron chi connectivity index (χ4n) is 2.35. The van der Waals surface area contributed by atoms with Crippen LogP contribution in [0.5, 0.6) is 11.5 Å². The molecule has 0 bridgehead atoms. The number of nitrogens with zero attached hydrogens (tertiary/aromatic N) is 3. The molecule has 0 fully saturated rings. The summed E-state index contributed by atoms with van der Waals surface area (Å²) in [5.41, 5.74) is 1.85. The zero-order chi connectivity index (χ0) is 19.1.